The minimum Gasteiger partial charge on any atom is -0.326 e. The molecule has 8 heteroatoms. The Hall–Kier alpha value is -1.60. The summed E-state index contributed by atoms with van der Waals surface area (Å²) in [5.41, 5.74) is 1.19. The summed E-state index contributed by atoms with van der Waals surface area (Å²) in [6.45, 7) is 1.97. The molecular formula is C23H26Cl2N2O3S. The molecule has 0 radical (unpaired) electrons. The van der Waals surface area contributed by atoms with E-state index in [0.717, 1.165) is 12.3 Å². The van der Waals surface area contributed by atoms with Crippen molar-refractivity contribution in [2.45, 2.75) is 50.0 Å². The van der Waals surface area contributed by atoms with E-state index in [1.165, 1.54) is 31.4 Å². The molecule has 31 heavy (non-hydrogen) atoms. The summed E-state index contributed by atoms with van der Waals surface area (Å²) in [6.07, 6.45) is 4.97. The quantitative estimate of drug-likeness (QED) is 0.565. The molecule has 0 aliphatic heterocycles. The molecule has 0 spiro atoms. The molecule has 166 valence electrons. The second-order valence-corrected chi connectivity index (χ2v) is 11.3. The van der Waals surface area contributed by atoms with Crippen LogP contribution in [0.4, 0.5) is 5.69 Å². The van der Waals surface area contributed by atoms with Gasteiger partial charge in [-0.25, -0.2) is 13.1 Å². The van der Waals surface area contributed by atoms with Crippen molar-refractivity contribution in [3.05, 3.63) is 58.1 Å². The number of carbonyl (C=O) groups is 1. The van der Waals surface area contributed by atoms with Crippen LogP contribution >= 0.6 is 23.2 Å². The van der Waals surface area contributed by atoms with E-state index >= 15 is 0 Å². The van der Waals surface area contributed by atoms with E-state index < -0.39 is 10.0 Å². The van der Waals surface area contributed by atoms with Crippen LogP contribution in [0.2, 0.25) is 10.0 Å². The lowest BCUT2D eigenvalue weighted by molar-refractivity contribution is -0.115. The molecule has 5 nitrogen and oxygen atoms in total. The second kappa shape index (κ2) is 9.10. The summed E-state index contributed by atoms with van der Waals surface area (Å²) in [4.78, 5) is 12.5. The number of anilines is 1. The van der Waals surface area contributed by atoms with E-state index in [1.807, 2.05) is 6.92 Å². The largest absolute Gasteiger partial charge is 0.326 e. The van der Waals surface area contributed by atoms with Gasteiger partial charge in [0.05, 0.1) is 11.3 Å². The molecule has 2 aromatic carbocycles. The molecule has 2 N–H and O–H groups in total. The van der Waals surface area contributed by atoms with E-state index in [1.54, 1.807) is 30.3 Å². The third kappa shape index (κ3) is 5.25. The Kier molecular flexibility index (Phi) is 6.63. The molecule has 0 unspecified atom stereocenters. The predicted molar refractivity (Wildman–Crippen MR) is 124 cm³/mol. The van der Waals surface area contributed by atoms with E-state index in [0.29, 0.717) is 33.1 Å². The van der Waals surface area contributed by atoms with Crippen LogP contribution in [0, 0.1) is 17.8 Å². The first-order chi connectivity index (χ1) is 14.7. The topological polar surface area (TPSA) is 75.3 Å². The van der Waals surface area contributed by atoms with Crippen molar-refractivity contribution in [3.63, 3.8) is 0 Å². The molecule has 2 bridgehead atoms. The molecular weight excluding hydrogens is 455 g/mol. The van der Waals surface area contributed by atoms with Gasteiger partial charge in [-0.05, 0) is 85.9 Å². The van der Waals surface area contributed by atoms with E-state index in [4.69, 9.17) is 23.2 Å². The van der Waals surface area contributed by atoms with Gasteiger partial charge in [0.25, 0.3) is 0 Å². The Morgan fingerprint density at radius 2 is 1.84 bits per heavy atom. The molecule has 0 heterocycles. The fourth-order valence-corrected chi connectivity index (χ4v) is 6.84. The first kappa shape index (κ1) is 22.6. The number of benzene rings is 2. The van der Waals surface area contributed by atoms with Gasteiger partial charge < -0.3 is 5.32 Å². The van der Waals surface area contributed by atoms with Crippen LogP contribution in [0.1, 0.15) is 38.2 Å². The number of fused-ring (bicyclic) bond motifs is 2. The third-order valence-corrected chi connectivity index (χ3v) is 8.75. The van der Waals surface area contributed by atoms with Gasteiger partial charge in [0.15, 0.2) is 0 Å². The molecule has 1 amide bonds. The Balaban J connectivity index is 1.36. The zero-order valence-corrected chi connectivity index (χ0v) is 19.6. The van der Waals surface area contributed by atoms with Gasteiger partial charge in [-0.1, -0.05) is 35.7 Å². The molecule has 0 aromatic heterocycles. The van der Waals surface area contributed by atoms with Crippen molar-refractivity contribution in [2.75, 3.05) is 5.32 Å². The summed E-state index contributed by atoms with van der Waals surface area (Å²) in [5.74, 6) is 1.59. The predicted octanol–water partition coefficient (Wildman–Crippen LogP) is 5.28. The Bertz CT molecular complexity index is 1070. The molecule has 2 saturated carbocycles. The summed E-state index contributed by atoms with van der Waals surface area (Å²) < 4.78 is 28.5. The molecule has 0 saturated heterocycles. The number of nitrogens with one attached hydrogen (secondary N) is 2. The number of hydrogen-bond donors (Lipinski definition) is 2. The minimum absolute atomic E-state index is 0.0798. The maximum Gasteiger partial charge on any atom is 0.240 e. The number of rotatable bonds is 7. The van der Waals surface area contributed by atoms with E-state index in [2.05, 4.69) is 10.0 Å². The smallest absolute Gasteiger partial charge is 0.240 e. The number of amides is 1. The van der Waals surface area contributed by atoms with Crippen LogP contribution in [-0.4, -0.2) is 20.4 Å². The van der Waals surface area contributed by atoms with Crippen LogP contribution in [-0.2, 0) is 21.2 Å². The Morgan fingerprint density at radius 1 is 1.10 bits per heavy atom. The molecule has 4 atom stereocenters. The average Bonchev–Trinajstić information content (AvgIpc) is 3.34. The van der Waals surface area contributed by atoms with Gasteiger partial charge in [0.1, 0.15) is 0 Å². The maximum atomic E-state index is 12.8. The van der Waals surface area contributed by atoms with Crippen molar-refractivity contribution >= 4 is 44.8 Å². The third-order valence-electron chi connectivity index (χ3n) is 6.59. The minimum atomic E-state index is -3.61. The van der Waals surface area contributed by atoms with Gasteiger partial charge in [0.2, 0.25) is 15.9 Å². The first-order valence-electron chi connectivity index (χ1n) is 10.6. The maximum absolute atomic E-state index is 12.8. The zero-order chi connectivity index (χ0) is 22.2. The normalized spacial score (nSPS) is 23.6. The van der Waals surface area contributed by atoms with Gasteiger partial charge in [-0.15, -0.1) is 0 Å². The summed E-state index contributed by atoms with van der Waals surface area (Å²) in [7, 11) is -3.61. The molecule has 4 rings (SSSR count). The highest BCUT2D eigenvalue weighted by atomic mass is 35.5. The van der Waals surface area contributed by atoms with Crippen LogP contribution in [0.25, 0.3) is 0 Å². The highest BCUT2D eigenvalue weighted by Gasteiger charge is 2.42. The highest BCUT2D eigenvalue weighted by Crippen LogP contribution is 2.49. The van der Waals surface area contributed by atoms with Crippen molar-refractivity contribution in [3.8, 4) is 0 Å². The summed E-state index contributed by atoms with van der Waals surface area (Å²) in [5, 5.41) is 3.71. The van der Waals surface area contributed by atoms with Crippen molar-refractivity contribution in [1.82, 2.24) is 4.72 Å². The summed E-state index contributed by atoms with van der Waals surface area (Å²) in [6, 6.07) is 11.1. The monoisotopic (exact) mass is 480 g/mol. The lowest BCUT2D eigenvalue weighted by atomic mass is 9.84. The first-order valence-corrected chi connectivity index (χ1v) is 12.8. The van der Waals surface area contributed by atoms with Crippen LogP contribution < -0.4 is 10.0 Å². The van der Waals surface area contributed by atoms with Gasteiger partial charge >= 0.3 is 0 Å². The standard InChI is InChI=1S/C23H26Cl2N2O3S/c1-14(21-11-15-2-3-16(21)10-15)27-31(29,30)20-8-6-19(7-9-20)26-23(28)12-17-4-5-18(24)13-22(17)25/h4-9,13-16,21,27H,2-3,10-12H2,1H3,(H,26,28)/t14-,15-,16-,21+/m1/s1. The van der Waals surface area contributed by atoms with Gasteiger partial charge in [-0.3, -0.25) is 4.79 Å². The van der Waals surface area contributed by atoms with Gasteiger partial charge in [-0.2, -0.15) is 0 Å². The van der Waals surface area contributed by atoms with Crippen LogP contribution in [0.15, 0.2) is 47.4 Å². The van der Waals surface area contributed by atoms with Crippen LogP contribution in [0.5, 0.6) is 0 Å². The summed E-state index contributed by atoms with van der Waals surface area (Å²) >= 11 is 12.0. The molecule has 2 aliphatic carbocycles. The van der Waals surface area contributed by atoms with E-state index in [9.17, 15) is 13.2 Å². The van der Waals surface area contributed by atoms with E-state index in [-0.39, 0.29) is 23.3 Å². The molecule has 2 aromatic rings. The fourth-order valence-electron chi connectivity index (χ4n) is 5.07. The Morgan fingerprint density at radius 3 is 2.45 bits per heavy atom. The van der Waals surface area contributed by atoms with Crippen LogP contribution in [0.3, 0.4) is 0 Å². The lowest BCUT2D eigenvalue weighted by Gasteiger charge is -2.28. The SMILES string of the molecule is C[C@@H](NS(=O)(=O)c1ccc(NC(=O)Cc2ccc(Cl)cc2Cl)cc1)[C@@H]1C[C@@H]2CC[C@@H]1C2. The number of halogens is 2. The number of sulfonamides is 1. The van der Waals surface area contributed by atoms with Crippen molar-refractivity contribution < 1.29 is 13.2 Å². The van der Waals surface area contributed by atoms with Gasteiger partial charge in [0, 0.05) is 21.8 Å². The Labute approximate surface area is 193 Å². The van der Waals surface area contributed by atoms with Crippen molar-refractivity contribution in [1.29, 1.82) is 0 Å². The average molecular weight is 481 g/mol. The number of hydrogen-bond acceptors (Lipinski definition) is 3. The van der Waals surface area contributed by atoms with Crippen molar-refractivity contribution in [2.24, 2.45) is 17.8 Å². The lowest BCUT2D eigenvalue weighted by Crippen LogP contribution is -2.40. The molecule has 2 aliphatic rings. The zero-order valence-electron chi connectivity index (χ0n) is 17.3. The molecule has 2 fully saturated rings. The number of carbonyl (C=O) groups excluding carboxylic acids is 1. The fraction of sp³-hybridized carbons (Fsp3) is 0.435. The second-order valence-electron chi connectivity index (χ2n) is 8.73. The highest BCUT2D eigenvalue weighted by molar-refractivity contribution is 7.89.